The Labute approximate surface area is 249 Å². The van der Waals surface area contributed by atoms with E-state index in [0.717, 1.165) is 59.8 Å². The first-order valence-corrected chi connectivity index (χ1v) is 13.2. The van der Waals surface area contributed by atoms with Crippen molar-refractivity contribution in [1.82, 2.24) is 9.80 Å². The number of likely N-dealkylation sites (N-methyl/N-ethyl adjacent to an activating group) is 2. The monoisotopic (exact) mass is 586 g/mol. The van der Waals surface area contributed by atoms with Crippen LogP contribution < -0.4 is 10.6 Å². The number of carbonyl (C=O) groups is 2. The number of rotatable bonds is 10. The van der Waals surface area contributed by atoms with Gasteiger partial charge in [0.05, 0.1) is 13.1 Å². The molecule has 0 aromatic heterocycles. The average Bonchev–Trinajstić information content (AvgIpc) is 2.81. The van der Waals surface area contributed by atoms with Crippen molar-refractivity contribution in [3.8, 4) is 0 Å². The fourth-order valence-electron chi connectivity index (χ4n) is 4.41. The van der Waals surface area contributed by atoms with Crippen molar-refractivity contribution in [2.75, 3.05) is 49.9 Å². The lowest BCUT2D eigenvalue weighted by Gasteiger charge is -2.19. The maximum Gasteiger partial charge on any atom is 0.238 e. The summed E-state index contributed by atoms with van der Waals surface area (Å²) >= 11 is 0. The van der Waals surface area contributed by atoms with Crippen LogP contribution in [0.1, 0.15) is 61.1 Å². The molecule has 0 aliphatic rings. The van der Waals surface area contributed by atoms with Gasteiger partial charge in [0.2, 0.25) is 11.8 Å². The molecule has 0 heterocycles. The molecular weight excluding hydrogens is 535 g/mol. The predicted octanol–water partition coefficient (Wildman–Crippen LogP) is 5.80. The van der Waals surface area contributed by atoms with E-state index in [1.165, 1.54) is 11.1 Å². The molecule has 2 aromatic rings. The third-order valence-electron chi connectivity index (χ3n) is 6.41. The molecule has 2 aromatic carbocycles. The first-order chi connectivity index (χ1) is 16.9. The van der Waals surface area contributed by atoms with Crippen LogP contribution in [0.2, 0.25) is 0 Å². The predicted molar refractivity (Wildman–Crippen MR) is 172 cm³/mol. The van der Waals surface area contributed by atoms with Crippen LogP contribution in [0.4, 0.5) is 11.4 Å². The number of halogens is 2. The highest BCUT2D eigenvalue weighted by Gasteiger charge is 2.12. The van der Waals surface area contributed by atoms with Gasteiger partial charge in [0.1, 0.15) is 0 Å². The highest BCUT2D eigenvalue weighted by molar-refractivity contribution is 5.94. The molecule has 0 fully saturated rings. The molecule has 0 radical (unpaired) electrons. The van der Waals surface area contributed by atoms with E-state index in [4.69, 9.17) is 0 Å². The number of nitrogens with one attached hydrogen (secondary N) is 2. The Hall–Kier alpha value is -2.16. The number of hydrogen-bond acceptors (Lipinski definition) is 4. The van der Waals surface area contributed by atoms with E-state index in [1.54, 1.807) is 0 Å². The molecule has 0 atom stereocenters. The van der Waals surface area contributed by atoms with Crippen LogP contribution in [0.25, 0.3) is 0 Å². The van der Waals surface area contributed by atoms with Crippen molar-refractivity contribution in [2.24, 2.45) is 0 Å². The number of anilines is 2. The number of carbonyl (C=O) groups excluding carboxylic acids is 2. The third kappa shape index (κ3) is 14.2. The van der Waals surface area contributed by atoms with Crippen LogP contribution in [-0.4, -0.2) is 66.4 Å². The summed E-state index contributed by atoms with van der Waals surface area (Å²) in [7, 11) is 0. The average molecular weight is 588 g/mol. The summed E-state index contributed by atoms with van der Waals surface area (Å²) in [5.74, 6) is 0.127. The Balaban J connectivity index is -0.000000617. The van der Waals surface area contributed by atoms with Crippen LogP contribution in [0.15, 0.2) is 24.3 Å². The van der Waals surface area contributed by atoms with Gasteiger partial charge in [-0.15, -0.1) is 24.8 Å². The van der Waals surface area contributed by atoms with Gasteiger partial charge in [-0.3, -0.25) is 19.4 Å². The summed E-state index contributed by atoms with van der Waals surface area (Å²) in [6.07, 6.45) is 0. The maximum atomic E-state index is 12.0. The molecule has 0 aliphatic carbocycles. The summed E-state index contributed by atoms with van der Waals surface area (Å²) in [5, 5.41) is 6.05. The van der Waals surface area contributed by atoms with Crippen molar-refractivity contribution < 1.29 is 15.1 Å². The molecule has 0 aliphatic heterocycles. The lowest BCUT2D eigenvalue weighted by molar-refractivity contribution is -0.118. The summed E-state index contributed by atoms with van der Waals surface area (Å²) in [5.41, 5.74) is 8.87. The van der Waals surface area contributed by atoms with E-state index in [-0.39, 0.29) is 42.1 Å². The van der Waals surface area contributed by atoms with Gasteiger partial charge in [-0.25, -0.2) is 0 Å². The van der Waals surface area contributed by atoms with Crippen molar-refractivity contribution in [3.63, 3.8) is 0 Å². The normalized spacial score (nSPS) is 9.95. The first kappa shape index (κ1) is 41.3. The number of amides is 2. The Morgan fingerprint density at radius 3 is 1.00 bits per heavy atom. The summed E-state index contributed by atoms with van der Waals surface area (Å²) < 4.78 is 0. The Kier molecular flexibility index (Phi) is 21.9. The summed E-state index contributed by atoms with van der Waals surface area (Å²) in [6.45, 7) is 25.1. The van der Waals surface area contributed by atoms with E-state index >= 15 is 0 Å². The maximum absolute atomic E-state index is 12.0. The van der Waals surface area contributed by atoms with E-state index in [2.05, 4.69) is 86.2 Å². The summed E-state index contributed by atoms with van der Waals surface area (Å²) in [6, 6.07) is 8.39. The van der Waals surface area contributed by atoms with E-state index in [1.807, 2.05) is 27.7 Å². The van der Waals surface area contributed by atoms with Gasteiger partial charge in [-0.1, -0.05) is 63.1 Å². The zero-order valence-electron chi connectivity index (χ0n) is 25.6. The molecule has 2 rings (SSSR count). The zero-order chi connectivity index (χ0) is 27.4. The molecule has 0 saturated heterocycles. The van der Waals surface area contributed by atoms with Gasteiger partial charge in [0, 0.05) is 11.4 Å². The summed E-state index contributed by atoms with van der Waals surface area (Å²) in [4.78, 5) is 28.2. The standard InChI is InChI=1S/2C15H24N2O.2ClH.H2O/c2*1-6-17(7-2)10-14(18)16-15-12(4)8-11(3)9-13(15)5;;;/h2*8-9H,6-7,10H2,1-5H3,(H,16,18);2*1H;1H2. The second-order valence-electron chi connectivity index (χ2n) is 9.57. The second kappa shape index (κ2) is 20.7. The van der Waals surface area contributed by atoms with Crippen molar-refractivity contribution >= 4 is 48.0 Å². The highest BCUT2D eigenvalue weighted by atomic mass is 35.5. The molecule has 39 heavy (non-hydrogen) atoms. The fourth-order valence-corrected chi connectivity index (χ4v) is 4.41. The van der Waals surface area contributed by atoms with Crippen LogP contribution in [0, 0.1) is 41.5 Å². The van der Waals surface area contributed by atoms with Crippen LogP contribution in [0.5, 0.6) is 0 Å². The van der Waals surface area contributed by atoms with Gasteiger partial charge in [0.15, 0.2) is 0 Å². The van der Waals surface area contributed by atoms with Crippen molar-refractivity contribution in [3.05, 3.63) is 57.6 Å². The number of benzene rings is 2. The van der Waals surface area contributed by atoms with Gasteiger partial charge >= 0.3 is 0 Å². The SMILES string of the molecule is CCN(CC)CC(=O)Nc1c(C)cc(C)cc1C.CCN(CC)CC(=O)Nc1c(C)cc(C)cc1C.Cl.Cl.O. The Morgan fingerprint density at radius 1 is 0.564 bits per heavy atom. The Morgan fingerprint density at radius 2 is 0.795 bits per heavy atom. The number of hydrogen-bond donors (Lipinski definition) is 2. The largest absolute Gasteiger partial charge is 0.412 e. The molecule has 7 nitrogen and oxygen atoms in total. The molecule has 224 valence electrons. The molecular formula is C30H52Cl2N4O3. The van der Waals surface area contributed by atoms with E-state index in [0.29, 0.717) is 13.1 Å². The molecule has 4 N–H and O–H groups in total. The minimum Gasteiger partial charge on any atom is -0.412 e. The number of nitrogens with zero attached hydrogens (tertiary/aromatic N) is 2. The van der Waals surface area contributed by atoms with Gasteiger partial charge in [-0.05, 0) is 90.0 Å². The van der Waals surface area contributed by atoms with E-state index < -0.39 is 0 Å². The van der Waals surface area contributed by atoms with Gasteiger partial charge in [-0.2, -0.15) is 0 Å². The molecule has 2 amide bonds. The first-order valence-electron chi connectivity index (χ1n) is 13.2. The van der Waals surface area contributed by atoms with Crippen molar-refractivity contribution in [1.29, 1.82) is 0 Å². The lowest BCUT2D eigenvalue weighted by atomic mass is 10.1. The smallest absolute Gasteiger partial charge is 0.238 e. The minimum atomic E-state index is 0. The molecule has 9 heteroatoms. The fraction of sp³-hybridized carbons (Fsp3) is 0.533. The number of aryl methyl sites for hydroxylation is 6. The highest BCUT2D eigenvalue weighted by Crippen LogP contribution is 2.22. The van der Waals surface area contributed by atoms with Crippen LogP contribution in [-0.2, 0) is 9.59 Å². The van der Waals surface area contributed by atoms with Crippen LogP contribution in [0.3, 0.4) is 0 Å². The zero-order valence-corrected chi connectivity index (χ0v) is 27.2. The molecule has 0 bridgehead atoms. The lowest BCUT2D eigenvalue weighted by Crippen LogP contribution is -2.33. The van der Waals surface area contributed by atoms with E-state index in [9.17, 15) is 9.59 Å². The van der Waals surface area contributed by atoms with Crippen LogP contribution >= 0.6 is 24.8 Å². The Bertz CT molecular complexity index is 896. The van der Waals surface area contributed by atoms with Gasteiger partial charge in [0.25, 0.3) is 0 Å². The van der Waals surface area contributed by atoms with Gasteiger partial charge < -0.3 is 16.1 Å². The molecule has 0 spiro atoms. The molecule has 0 unspecified atom stereocenters. The van der Waals surface area contributed by atoms with Crippen molar-refractivity contribution in [2.45, 2.75) is 69.2 Å². The third-order valence-corrected chi connectivity index (χ3v) is 6.41. The topological polar surface area (TPSA) is 96.2 Å². The molecule has 0 saturated carbocycles. The quantitative estimate of drug-likeness (QED) is 0.367. The second-order valence-corrected chi connectivity index (χ2v) is 9.57. The minimum absolute atomic E-state index is 0.